The molecule has 0 fully saturated rings. The van der Waals surface area contributed by atoms with Gasteiger partial charge in [0.15, 0.2) is 0 Å². The number of benzene rings is 1. The summed E-state index contributed by atoms with van der Waals surface area (Å²) >= 11 is 0. The molecule has 0 amide bonds. The number of allylic oxidation sites excluding steroid dienone is 1. The van der Waals surface area contributed by atoms with Crippen molar-refractivity contribution in [1.29, 1.82) is 0 Å². The highest BCUT2D eigenvalue weighted by molar-refractivity contribution is 5.61. The van der Waals surface area contributed by atoms with E-state index in [1.807, 2.05) is 18.2 Å². The fourth-order valence-corrected chi connectivity index (χ4v) is 2.32. The molecule has 0 radical (unpaired) electrons. The largest absolute Gasteiger partial charge is 0.410 e. The van der Waals surface area contributed by atoms with Crippen LogP contribution < -0.4 is 15.9 Å². The Morgan fingerprint density at radius 3 is 2.87 bits per heavy atom. The van der Waals surface area contributed by atoms with Crippen LogP contribution in [0.15, 0.2) is 48.8 Å². The first kappa shape index (κ1) is 17.2. The van der Waals surface area contributed by atoms with Gasteiger partial charge in [-0.15, -0.1) is 12.1 Å². The van der Waals surface area contributed by atoms with Crippen molar-refractivity contribution in [2.45, 2.75) is 19.4 Å². The number of carbonyl (C=O) groups excluding carboxylic acids is 1. The van der Waals surface area contributed by atoms with Gasteiger partial charge in [-0.3, -0.25) is 0 Å². The zero-order chi connectivity index (χ0) is 16.5. The molecule has 4 nitrogen and oxygen atoms in total. The van der Waals surface area contributed by atoms with Crippen LogP contribution in [-0.4, -0.2) is 25.5 Å². The van der Waals surface area contributed by atoms with Gasteiger partial charge in [0.05, 0.1) is 6.61 Å². The smallest absolute Gasteiger partial charge is 0.148 e. The van der Waals surface area contributed by atoms with Crippen molar-refractivity contribution in [3.8, 4) is 0 Å². The van der Waals surface area contributed by atoms with E-state index in [9.17, 15) is 4.79 Å². The summed E-state index contributed by atoms with van der Waals surface area (Å²) in [6.45, 7) is 6.81. The SMILES string of the molecule is C=CC/C=c1/cccc/c1=C/C(C)COCC1=CC(C=O)NO1. The number of ether oxygens (including phenoxy) is 1. The number of carbonyl (C=O) groups is 1. The van der Waals surface area contributed by atoms with E-state index in [1.54, 1.807) is 6.08 Å². The van der Waals surface area contributed by atoms with Gasteiger partial charge in [0.1, 0.15) is 24.7 Å². The third kappa shape index (κ3) is 5.51. The molecule has 0 aliphatic carbocycles. The van der Waals surface area contributed by atoms with Crippen LogP contribution in [0.4, 0.5) is 0 Å². The Bertz CT molecular complexity index is 678. The molecule has 0 saturated heterocycles. The molecule has 2 atom stereocenters. The minimum atomic E-state index is -0.370. The van der Waals surface area contributed by atoms with Crippen LogP contribution in [0, 0.1) is 5.92 Å². The number of nitrogens with one attached hydrogen (secondary N) is 1. The molecule has 1 aliphatic rings. The van der Waals surface area contributed by atoms with Crippen molar-refractivity contribution >= 4 is 18.4 Å². The summed E-state index contributed by atoms with van der Waals surface area (Å²) in [5.74, 6) is 0.916. The molecule has 0 saturated carbocycles. The Kier molecular flexibility index (Phi) is 6.78. The Morgan fingerprint density at radius 1 is 1.39 bits per heavy atom. The van der Waals surface area contributed by atoms with Crippen LogP contribution in [-0.2, 0) is 14.4 Å². The van der Waals surface area contributed by atoms with E-state index >= 15 is 0 Å². The molecule has 122 valence electrons. The van der Waals surface area contributed by atoms with Crippen molar-refractivity contribution < 1.29 is 14.4 Å². The highest BCUT2D eigenvalue weighted by atomic mass is 16.7. The van der Waals surface area contributed by atoms with Crippen molar-refractivity contribution in [2.75, 3.05) is 13.2 Å². The first-order valence-corrected chi connectivity index (χ1v) is 7.77. The van der Waals surface area contributed by atoms with E-state index in [-0.39, 0.29) is 12.0 Å². The molecule has 1 aromatic carbocycles. The highest BCUT2D eigenvalue weighted by Gasteiger charge is 2.15. The fourth-order valence-electron chi connectivity index (χ4n) is 2.32. The van der Waals surface area contributed by atoms with Gasteiger partial charge < -0.3 is 14.4 Å². The van der Waals surface area contributed by atoms with Crippen LogP contribution in [0.25, 0.3) is 12.2 Å². The minimum Gasteiger partial charge on any atom is -0.410 e. The van der Waals surface area contributed by atoms with Gasteiger partial charge in [0.25, 0.3) is 0 Å². The first-order valence-electron chi connectivity index (χ1n) is 7.77. The predicted molar refractivity (Wildman–Crippen MR) is 91.6 cm³/mol. The number of hydrogen-bond donors (Lipinski definition) is 1. The molecule has 4 heteroatoms. The summed E-state index contributed by atoms with van der Waals surface area (Å²) in [7, 11) is 0. The standard InChI is InChI=1S/C19H23NO3/c1-3-4-7-16-8-5-6-9-17(16)10-15(2)13-22-14-19-11-18(12-21)20-23-19/h3,5-12,15,18,20H,1,4,13-14H2,2H3/b16-7-,17-10-. The summed E-state index contributed by atoms with van der Waals surface area (Å²) in [5, 5.41) is 2.41. The molecule has 1 aromatic rings. The number of hydroxylamine groups is 1. The van der Waals surface area contributed by atoms with Gasteiger partial charge in [0.2, 0.25) is 0 Å². The van der Waals surface area contributed by atoms with Crippen LogP contribution >= 0.6 is 0 Å². The third-order valence-corrected chi connectivity index (χ3v) is 3.43. The Hall–Kier alpha value is -2.17. The Morgan fingerprint density at radius 2 is 2.17 bits per heavy atom. The van der Waals surface area contributed by atoms with Crippen molar-refractivity contribution in [1.82, 2.24) is 5.48 Å². The summed E-state index contributed by atoms with van der Waals surface area (Å²) in [4.78, 5) is 15.8. The normalized spacial score (nSPS) is 20.0. The molecule has 1 heterocycles. The molecular weight excluding hydrogens is 290 g/mol. The first-order chi connectivity index (χ1) is 11.2. The van der Waals surface area contributed by atoms with E-state index in [4.69, 9.17) is 9.57 Å². The molecule has 23 heavy (non-hydrogen) atoms. The lowest BCUT2D eigenvalue weighted by molar-refractivity contribution is -0.110. The maximum absolute atomic E-state index is 10.6. The minimum absolute atomic E-state index is 0.269. The average Bonchev–Trinajstić information content (AvgIpc) is 3.02. The van der Waals surface area contributed by atoms with E-state index in [2.05, 4.69) is 43.3 Å². The van der Waals surface area contributed by atoms with E-state index in [0.29, 0.717) is 19.0 Å². The Balaban J connectivity index is 1.93. The van der Waals surface area contributed by atoms with E-state index < -0.39 is 0 Å². The topological polar surface area (TPSA) is 47.6 Å². The number of hydrogen-bond acceptors (Lipinski definition) is 4. The summed E-state index contributed by atoms with van der Waals surface area (Å²) in [6, 6.07) is 7.91. The fraction of sp³-hybridized carbons (Fsp3) is 0.316. The monoisotopic (exact) mass is 313 g/mol. The van der Waals surface area contributed by atoms with Crippen LogP contribution in [0.2, 0.25) is 0 Å². The van der Waals surface area contributed by atoms with E-state index in [0.717, 1.165) is 12.7 Å². The van der Waals surface area contributed by atoms with Crippen molar-refractivity contribution in [2.24, 2.45) is 5.92 Å². The molecule has 1 N–H and O–H groups in total. The molecule has 0 aromatic heterocycles. The maximum Gasteiger partial charge on any atom is 0.148 e. The van der Waals surface area contributed by atoms with Gasteiger partial charge in [-0.1, -0.05) is 49.4 Å². The van der Waals surface area contributed by atoms with Crippen molar-refractivity contribution in [3.63, 3.8) is 0 Å². The molecule has 0 bridgehead atoms. The van der Waals surface area contributed by atoms with Crippen molar-refractivity contribution in [3.05, 3.63) is 59.2 Å². The van der Waals surface area contributed by atoms with Gasteiger partial charge in [-0.2, -0.15) is 0 Å². The average molecular weight is 313 g/mol. The maximum atomic E-state index is 10.6. The lowest BCUT2D eigenvalue weighted by Crippen LogP contribution is -2.25. The van der Waals surface area contributed by atoms with Gasteiger partial charge in [-0.25, -0.2) is 0 Å². The second-order valence-corrected chi connectivity index (χ2v) is 5.53. The van der Waals surface area contributed by atoms with Crippen LogP contribution in [0.1, 0.15) is 13.3 Å². The van der Waals surface area contributed by atoms with Crippen LogP contribution in [0.3, 0.4) is 0 Å². The summed E-state index contributed by atoms with van der Waals surface area (Å²) < 4.78 is 5.66. The number of rotatable bonds is 8. The molecule has 2 rings (SSSR count). The second kappa shape index (κ2) is 9.08. The lowest BCUT2D eigenvalue weighted by Gasteiger charge is -2.08. The van der Waals surface area contributed by atoms with Gasteiger partial charge in [0, 0.05) is 0 Å². The van der Waals surface area contributed by atoms with Crippen LogP contribution in [0.5, 0.6) is 0 Å². The summed E-state index contributed by atoms with van der Waals surface area (Å²) in [6.07, 6.45) is 9.62. The number of aldehydes is 1. The third-order valence-electron chi connectivity index (χ3n) is 3.43. The zero-order valence-electron chi connectivity index (χ0n) is 13.4. The molecule has 2 unspecified atom stereocenters. The quantitative estimate of drug-likeness (QED) is 0.583. The predicted octanol–water partition coefficient (Wildman–Crippen LogP) is 1.46. The summed E-state index contributed by atoms with van der Waals surface area (Å²) in [5.41, 5.74) is 2.60. The molecule has 0 spiro atoms. The molecule has 1 aliphatic heterocycles. The Labute approximate surface area is 136 Å². The lowest BCUT2D eigenvalue weighted by atomic mass is 10.1. The van der Waals surface area contributed by atoms with Gasteiger partial charge in [-0.05, 0) is 28.9 Å². The molecular formula is C19H23NO3. The van der Waals surface area contributed by atoms with E-state index in [1.165, 1.54) is 10.4 Å². The zero-order valence-corrected chi connectivity index (χ0v) is 13.4. The second-order valence-electron chi connectivity index (χ2n) is 5.53. The van der Waals surface area contributed by atoms with Gasteiger partial charge >= 0.3 is 0 Å². The highest BCUT2D eigenvalue weighted by Crippen LogP contribution is 2.07.